The van der Waals surface area contributed by atoms with E-state index in [1.807, 2.05) is 24.3 Å². The molecule has 1 aromatic carbocycles. The first-order chi connectivity index (χ1) is 5.43. The van der Waals surface area contributed by atoms with Crippen LogP contribution in [0.1, 0.15) is 5.56 Å². The van der Waals surface area contributed by atoms with Crippen LogP contribution in [-0.4, -0.2) is 13.3 Å². The van der Waals surface area contributed by atoms with E-state index in [0.29, 0.717) is 0 Å². The summed E-state index contributed by atoms with van der Waals surface area (Å²) in [4.78, 5) is 4.53. The van der Waals surface area contributed by atoms with Gasteiger partial charge in [0.25, 0.3) is 0 Å². The van der Waals surface area contributed by atoms with Crippen LogP contribution in [0.5, 0.6) is 0 Å². The van der Waals surface area contributed by atoms with Crippen molar-refractivity contribution in [1.82, 2.24) is 0 Å². The van der Waals surface area contributed by atoms with Gasteiger partial charge in [-0.3, -0.25) is 0 Å². The van der Waals surface area contributed by atoms with Gasteiger partial charge in [-0.2, -0.15) is 0 Å². The molecule has 0 aliphatic rings. The predicted molar refractivity (Wildman–Crippen MR) is 44.5 cm³/mol. The van der Waals surface area contributed by atoms with Crippen molar-refractivity contribution in [2.75, 3.05) is 7.11 Å². The van der Waals surface area contributed by atoms with Crippen molar-refractivity contribution in [3.63, 3.8) is 0 Å². The van der Waals surface area contributed by atoms with Gasteiger partial charge in [0.05, 0.1) is 0 Å². The Hall–Kier alpha value is -1.31. The second kappa shape index (κ2) is 4.50. The van der Waals surface area contributed by atoms with E-state index in [9.17, 15) is 0 Å². The monoisotopic (exact) mass is 148 g/mol. The van der Waals surface area contributed by atoms with Crippen molar-refractivity contribution in [3.8, 4) is 0 Å². The summed E-state index contributed by atoms with van der Waals surface area (Å²) in [6, 6.07) is 10.7. The Balaban J connectivity index is 2.45. The number of hydrogen-bond donors (Lipinski definition) is 0. The first kappa shape index (κ1) is 7.79. The Labute approximate surface area is 66.5 Å². The number of rotatable bonds is 3. The van der Waals surface area contributed by atoms with Gasteiger partial charge >= 0.3 is 0 Å². The molecule has 1 radical (unpaired) electrons. The van der Waals surface area contributed by atoms with Gasteiger partial charge in [0.1, 0.15) is 7.11 Å². The third kappa shape index (κ3) is 2.85. The van der Waals surface area contributed by atoms with Crippen molar-refractivity contribution in [3.05, 3.63) is 35.9 Å². The maximum atomic E-state index is 4.53. The Morgan fingerprint density at radius 1 is 1.55 bits per heavy atom. The standard InChI is InChI=1S/C9H10NO/c1-11-10-8-7-9-5-3-2-4-6-9/h3-6,8H,7H2,1H3. The molecule has 0 aromatic heterocycles. The van der Waals surface area contributed by atoms with Crippen LogP contribution < -0.4 is 0 Å². The number of hydrogen-bond acceptors (Lipinski definition) is 2. The highest BCUT2D eigenvalue weighted by Gasteiger charge is 1.85. The lowest BCUT2D eigenvalue weighted by Crippen LogP contribution is -1.84. The number of benzene rings is 1. The van der Waals surface area contributed by atoms with Crippen LogP contribution in [0.2, 0.25) is 0 Å². The van der Waals surface area contributed by atoms with E-state index in [0.717, 1.165) is 6.42 Å². The van der Waals surface area contributed by atoms with E-state index < -0.39 is 0 Å². The zero-order valence-electron chi connectivity index (χ0n) is 6.45. The smallest absolute Gasteiger partial charge is 0.106 e. The van der Waals surface area contributed by atoms with E-state index in [1.165, 1.54) is 12.7 Å². The molecule has 0 saturated carbocycles. The normalized spacial score (nSPS) is 10.3. The minimum Gasteiger partial charge on any atom is -0.399 e. The highest BCUT2D eigenvalue weighted by molar-refractivity contribution is 5.60. The van der Waals surface area contributed by atoms with Crippen LogP contribution in [-0.2, 0) is 11.3 Å². The lowest BCUT2D eigenvalue weighted by atomic mass is 10.2. The Kier molecular flexibility index (Phi) is 3.19. The molecule has 0 atom stereocenters. The zero-order chi connectivity index (χ0) is 7.94. The van der Waals surface area contributed by atoms with Crippen LogP contribution in [0.25, 0.3) is 0 Å². The lowest BCUT2D eigenvalue weighted by Gasteiger charge is -1.92. The molecule has 1 aromatic rings. The zero-order valence-corrected chi connectivity index (χ0v) is 6.45. The summed E-state index contributed by atoms with van der Waals surface area (Å²) in [5, 5.41) is 3.63. The highest BCUT2D eigenvalue weighted by atomic mass is 16.6. The molecule has 0 aliphatic carbocycles. The summed E-state index contributed by atoms with van der Waals surface area (Å²) in [7, 11) is 1.54. The molecule has 2 heteroatoms. The second-order valence-corrected chi connectivity index (χ2v) is 2.08. The van der Waals surface area contributed by atoms with Crippen molar-refractivity contribution in [1.29, 1.82) is 0 Å². The largest absolute Gasteiger partial charge is 0.399 e. The third-order valence-corrected chi connectivity index (χ3v) is 1.29. The van der Waals surface area contributed by atoms with Crippen molar-refractivity contribution >= 4 is 6.21 Å². The summed E-state index contributed by atoms with van der Waals surface area (Å²) in [5.74, 6) is 0. The van der Waals surface area contributed by atoms with Gasteiger partial charge in [0.2, 0.25) is 0 Å². The van der Waals surface area contributed by atoms with Crippen molar-refractivity contribution in [2.45, 2.75) is 6.42 Å². The first-order valence-corrected chi connectivity index (χ1v) is 3.43. The topological polar surface area (TPSA) is 21.6 Å². The van der Waals surface area contributed by atoms with E-state index in [4.69, 9.17) is 0 Å². The molecule has 0 N–H and O–H groups in total. The molecule has 0 amide bonds. The maximum Gasteiger partial charge on any atom is 0.106 e. The SMILES string of the molecule is CON=CCc1cc[c]cc1. The maximum absolute atomic E-state index is 4.53. The minimum absolute atomic E-state index is 0.808. The average Bonchev–Trinajstić information content (AvgIpc) is 2.07. The summed E-state index contributed by atoms with van der Waals surface area (Å²) < 4.78 is 0. The molecule has 0 bridgehead atoms. The summed E-state index contributed by atoms with van der Waals surface area (Å²) >= 11 is 0. The van der Waals surface area contributed by atoms with Crippen LogP contribution in [0, 0.1) is 6.07 Å². The fraction of sp³-hybridized carbons (Fsp3) is 0.222. The van der Waals surface area contributed by atoms with Crippen LogP contribution in [0.15, 0.2) is 29.4 Å². The third-order valence-electron chi connectivity index (χ3n) is 1.29. The van der Waals surface area contributed by atoms with Crippen molar-refractivity contribution in [2.24, 2.45) is 5.16 Å². The fourth-order valence-electron chi connectivity index (χ4n) is 0.775. The quantitative estimate of drug-likeness (QED) is 0.472. The molecule has 2 nitrogen and oxygen atoms in total. The fourth-order valence-corrected chi connectivity index (χ4v) is 0.775. The molecule has 0 aliphatic heterocycles. The molecule has 57 valence electrons. The number of nitrogens with zero attached hydrogens (tertiary/aromatic N) is 1. The van der Waals surface area contributed by atoms with E-state index in [-0.39, 0.29) is 0 Å². The van der Waals surface area contributed by atoms with Gasteiger partial charge in [-0.1, -0.05) is 29.4 Å². The van der Waals surface area contributed by atoms with Gasteiger partial charge in [-0.15, -0.1) is 0 Å². The predicted octanol–water partition coefficient (Wildman–Crippen LogP) is 1.66. The van der Waals surface area contributed by atoms with E-state index in [1.54, 1.807) is 6.21 Å². The van der Waals surface area contributed by atoms with E-state index >= 15 is 0 Å². The average molecular weight is 148 g/mol. The summed E-state index contributed by atoms with van der Waals surface area (Å²) in [6.07, 6.45) is 2.54. The molecule has 0 unspecified atom stereocenters. The molecule has 0 spiro atoms. The van der Waals surface area contributed by atoms with Crippen LogP contribution in [0.4, 0.5) is 0 Å². The first-order valence-electron chi connectivity index (χ1n) is 3.43. The van der Waals surface area contributed by atoms with Gasteiger partial charge in [-0.05, 0) is 11.6 Å². The Morgan fingerprint density at radius 3 is 2.91 bits per heavy atom. The van der Waals surface area contributed by atoms with Gasteiger partial charge in [0.15, 0.2) is 0 Å². The molecule has 0 heterocycles. The Bertz CT molecular complexity index is 218. The summed E-state index contributed by atoms with van der Waals surface area (Å²) in [6.45, 7) is 0. The van der Waals surface area contributed by atoms with Gasteiger partial charge in [0, 0.05) is 12.6 Å². The highest BCUT2D eigenvalue weighted by Crippen LogP contribution is 1.96. The summed E-state index contributed by atoms with van der Waals surface area (Å²) in [5.41, 5.74) is 1.21. The molecule has 0 fully saturated rings. The molecular weight excluding hydrogens is 138 g/mol. The second-order valence-electron chi connectivity index (χ2n) is 2.08. The molecular formula is C9H10NO. The minimum atomic E-state index is 0.808. The van der Waals surface area contributed by atoms with Gasteiger partial charge < -0.3 is 4.84 Å². The van der Waals surface area contributed by atoms with Gasteiger partial charge in [-0.25, -0.2) is 0 Å². The van der Waals surface area contributed by atoms with Crippen LogP contribution >= 0.6 is 0 Å². The van der Waals surface area contributed by atoms with E-state index in [2.05, 4.69) is 16.1 Å². The Morgan fingerprint density at radius 2 is 2.27 bits per heavy atom. The molecule has 1 rings (SSSR count). The lowest BCUT2D eigenvalue weighted by molar-refractivity contribution is 0.215. The molecule has 11 heavy (non-hydrogen) atoms. The molecule has 0 saturated heterocycles. The van der Waals surface area contributed by atoms with Crippen LogP contribution in [0.3, 0.4) is 0 Å². The number of oxime groups is 1. The van der Waals surface area contributed by atoms with Crippen molar-refractivity contribution < 1.29 is 4.84 Å².